The van der Waals surface area contributed by atoms with E-state index in [0.29, 0.717) is 0 Å². The fourth-order valence-corrected chi connectivity index (χ4v) is 3.39. The molecule has 0 saturated carbocycles. The molecule has 2 heterocycles. The second kappa shape index (κ2) is 7.08. The molecule has 0 aliphatic rings. The number of thiophene rings is 2. The molecule has 0 unspecified atom stereocenters. The third-order valence-corrected chi connectivity index (χ3v) is 4.52. The fraction of sp³-hybridized carbons (Fsp3) is 0. The van der Waals surface area contributed by atoms with Crippen LogP contribution in [0.3, 0.4) is 0 Å². The van der Waals surface area contributed by atoms with E-state index in [-0.39, 0.29) is 23.9 Å². The quantitative estimate of drug-likeness (QED) is 0.391. The van der Waals surface area contributed by atoms with E-state index in [2.05, 4.69) is 71.4 Å². The molecule has 0 nitrogen and oxygen atoms in total. The number of benzene rings is 2. The third-order valence-electron chi connectivity index (χ3n) is 2.72. The van der Waals surface area contributed by atoms with Crippen molar-refractivity contribution in [1.82, 2.24) is 0 Å². The van der Waals surface area contributed by atoms with E-state index in [0.717, 1.165) is 0 Å². The van der Waals surface area contributed by atoms with E-state index < -0.39 is 0 Å². The average molecular weight is 391 g/mol. The predicted molar refractivity (Wildman–Crippen MR) is 95.0 cm³/mol. The molecule has 0 saturated heterocycles. The first-order valence-electron chi connectivity index (χ1n) is 5.78. The Kier molecular flexibility index (Phi) is 5.43. The first-order valence-corrected chi connectivity index (χ1v) is 7.54. The van der Waals surface area contributed by atoms with Gasteiger partial charge >= 0.3 is 23.9 Å². The molecule has 0 N–H and O–H groups in total. The molecule has 2 aromatic heterocycles. The number of hydrogen-bond acceptors (Lipinski definition) is 2. The molecule has 4 rings (SSSR count). The normalized spacial score (nSPS) is 9.68. The van der Waals surface area contributed by atoms with Crippen molar-refractivity contribution >= 4 is 66.8 Å². The van der Waals surface area contributed by atoms with Crippen LogP contribution in [0.4, 0.5) is 0 Å². The molecule has 0 aliphatic heterocycles. The number of hydrogen-bond donors (Lipinski definition) is 0. The monoisotopic (exact) mass is 392 g/mol. The van der Waals surface area contributed by atoms with Crippen molar-refractivity contribution in [2.45, 2.75) is 0 Å². The average Bonchev–Trinajstić information content (AvgIpc) is 3.08. The third kappa shape index (κ3) is 3.59. The van der Waals surface area contributed by atoms with Crippen LogP contribution in [0.1, 0.15) is 0 Å². The Labute approximate surface area is 137 Å². The SMILES string of the molecule is [SnH4].c1ccc2sccc2c1.c1ccc2sccc2c1. The van der Waals surface area contributed by atoms with Gasteiger partial charge in [-0.3, -0.25) is 0 Å². The minimum absolute atomic E-state index is 0. The van der Waals surface area contributed by atoms with Crippen LogP contribution in [0.15, 0.2) is 71.4 Å². The molecule has 0 bridgehead atoms. The van der Waals surface area contributed by atoms with Gasteiger partial charge < -0.3 is 0 Å². The van der Waals surface area contributed by atoms with Crippen molar-refractivity contribution < 1.29 is 0 Å². The zero-order valence-electron chi connectivity index (χ0n) is 9.74. The van der Waals surface area contributed by atoms with E-state index in [9.17, 15) is 0 Å². The summed E-state index contributed by atoms with van der Waals surface area (Å²) in [4.78, 5) is 0. The van der Waals surface area contributed by atoms with Gasteiger partial charge in [-0.05, 0) is 45.8 Å². The van der Waals surface area contributed by atoms with Crippen LogP contribution in [0.5, 0.6) is 0 Å². The summed E-state index contributed by atoms with van der Waals surface area (Å²) in [6.07, 6.45) is 0. The van der Waals surface area contributed by atoms with Gasteiger partial charge in [-0.15, -0.1) is 22.7 Å². The largest absolute Gasteiger partial charge is 0.144 e. The summed E-state index contributed by atoms with van der Waals surface area (Å²) in [6, 6.07) is 21.1. The molecule has 0 amide bonds. The summed E-state index contributed by atoms with van der Waals surface area (Å²) in [5.41, 5.74) is 0. The Morgan fingerprint density at radius 2 is 0.947 bits per heavy atom. The maximum Gasteiger partial charge on any atom is 0.0342 e. The van der Waals surface area contributed by atoms with E-state index >= 15 is 0 Å². The fourth-order valence-electron chi connectivity index (χ4n) is 1.81. The maximum absolute atomic E-state index is 2.14. The van der Waals surface area contributed by atoms with Gasteiger partial charge in [0, 0.05) is 9.40 Å². The van der Waals surface area contributed by atoms with Crippen LogP contribution in [-0.4, -0.2) is 23.9 Å². The van der Waals surface area contributed by atoms with Crippen LogP contribution >= 0.6 is 22.7 Å². The minimum Gasteiger partial charge on any atom is -0.144 e. The summed E-state index contributed by atoms with van der Waals surface area (Å²) in [7, 11) is 0. The van der Waals surface area contributed by atoms with Crippen LogP contribution in [0.25, 0.3) is 20.2 Å². The summed E-state index contributed by atoms with van der Waals surface area (Å²) < 4.78 is 2.75. The Hall–Kier alpha value is -0.841. The van der Waals surface area contributed by atoms with Crippen molar-refractivity contribution in [3.8, 4) is 0 Å². The van der Waals surface area contributed by atoms with Gasteiger partial charge in [-0.1, -0.05) is 36.4 Å². The van der Waals surface area contributed by atoms with Crippen molar-refractivity contribution in [3.63, 3.8) is 0 Å². The first kappa shape index (κ1) is 14.6. The van der Waals surface area contributed by atoms with Gasteiger partial charge in [-0.25, -0.2) is 0 Å². The van der Waals surface area contributed by atoms with Crippen LogP contribution in [0.2, 0.25) is 0 Å². The van der Waals surface area contributed by atoms with Crippen molar-refractivity contribution in [1.29, 1.82) is 0 Å². The summed E-state index contributed by atoms with van der Waals surface area (Å²) >= 11 is 3.57. The minimum atomic E-state index is 0. The molecule has 19 heavy (non-hydrogen) atoms. The molecular formula is C16H16S2Sn. The molecule has 96 valence electrons. The van der Waals surface area contributed by atoms with Gasteiger partial charge in [-0.2, -0.15) is 0 Å². The molecule has 0 fully saturated rings. The first-order chi connectivity index (χ1) is 8.93. The molecule has 0 atom stereocenters. The van der Waals surface area contributed by atoms with Crippen molar-refractivity contribution in [2.75, 3.05) is 0 Å². The Morgan fingerprint density at radius 3 is 1.37 bits per heavy atom. The summed E-state index contributed by atoms with van der Waals surface area (Å²) in [6.45, 7) is 0. The molecule has 3 heteroatoms. The van der Waals surface area contributed by atoms with Gasteiger partial charge in [0.25, 0.3) is 0 Å². The van der Waals surface area contributed by atoms with E-state index in [1.54, 1.807) is 22.7 Å². The van der Waals surface area contributed by atoms with Crippen LogP contribution in [-0.2, 0) is 0 Å². The van der Waals surface area contributed by atoms with Gasteiger partial charge in [0.1, 0.15) is 0 Å². The maximum atomic E-state index is 2.14. The summed E-state index contributed by atoms with van der Waals surface area (Å²) in [5.74, 6) is 0. The van der Waals surface area contributed by atoms with Gasteiger partial charge in [0.2, 0.25) is 0 Å². The van der Waals surface area contributed by atoms with Crippen molar-refractivity contribution in [2.24, 2.45) is 0 Å². The molecule has 0 radical (unpaired) electrons. The number of fused-ring (bicyclic) bond motifs is 2. The smallest absolute Gasteiger partial charge is 0.0342 e. The molecule has 0 aliphatic carbocycles. The van der Waals surface area contributed by atoms with Gasteiger partial charge in [0.15, 0.2) is 0 Å². The second-order valence-corrected chi connectivity index (χ2v) is 5.81. The molecular weight excluding hydrogens is 375 g/mol. The van der Waals surface area contributed by atoms with Crippen molar-refractivity contribution in [3.05, 3.63) is 71.4 Å². The summed E-state index contributed by atoms with van der Waals surface area (Å²) in [5, 5.41) is 6.93. The van der Waals surface area contributed by atoms with Crippen LogP contribution < -0.4 is 0 Å². The standard InChI is InChI=1S/2C8H6S.Sn.4H/c2*1-2-4-8-7(3-1)5-6-9-8;;;;;/h2*1-6H;;;;;. The zero-order valence-corrected chi connectivity index (χ0v) is 11.4. The molecule has 0 spiro atoms. The van der Waals surface area contributed by atoms with Gasteiger partial charge in [0.05, 0.1) is 0 Å². The van der Waals surface area contributed by atoms with E-state index in [4.69, 9.17) is 0 Å². The van der Waals surface area contributed by atoms with Crippen LogP contribution in [0, 0.1) is 0 Å². The predicted octanol–water partition coefficient (Wildman–Crippen LogP) is 4.35. The second-order valence-electron chi connectivity index (χ2n) is 3.92. The molecule has 2 aromatic carbocycles. The Morgan fingerprint density at radius 1 is 0.526 bits per heavy atom. The Balaban J connectivity index is 0.000000133. The Bertz CT molecular complexity index is 629. The van der Waals surface area contributed by atoms with E-state index in [1.165, 1.54) is 20.2 Å². The zero-order chi connectivity index (χ0) is 12.2. The van der Waals surface area contributed by atoms with E-state index in [1.807, 2.05) is 0 Å². The molecule has 4 aromatic rings. The number of rotatable bonds is 0. The topological polar surface area (TPSA) is 0 Å².